The third-order valence-electron chi connectivity index (χ3n) is 0. The Hall–Kier alpha value is 0.314. The summed E-state index contributed by atoms with van der Waals surface area (Å²) in [5.41, 5.74) is 0. The first-order valence-corrected chi connectivity index (χ1v) is 3.41. The van der Waals surface area contributed by atoms with Gasteiger partial charge in [0.25, 0.3) is 0 Å². The molecule has 0 aliphatic heterocycles. The van der Waals surface area contributed by atoms with Crippen molar-refractivity contribution in [1.82, 2.24) is 0 Å². The van der Waals surface area contributed by atoms with Crippen LogP contribution in [0.2, 0.25) is 0 Å². The smallest absolute Gasteiger partial charge is 0.409 e. The maximum absolute atomic E-state index is 8.78. The van der Waals surface area contributed by atoms with Gasteiger partial charge in [0.1, 0.15) is 0 Å². The van der Waals surface area contributed by atoms with E-state index in [1.165, 1.54) is 0 Å². The number of rotatable bonds is 0. The monoisotopic (exact) mass is 218 g/mol. The van der Waals surface area contributed by atoms with Gasteiger partial charge in [0.15, 0.2) is 0 Å². The minimum absolute atomic E-state index is 0. The molecule has 0 aromatic heterocycles. The van der Waals surface area contributed by atoms with Gasteiger partial charge < -0.3 is 27.1 Å². The molecule has 0 bridgehead atoms. The summed E-state index contributed by atoms with van der Waals surface area (Å²) in [6.45, 7) is 0. The molecular weight excluding hydrogens is 215 g/mol. The van der Waals surface area contributed by atoms with Gasteiger partial charge in [0, 0.05) is 0 Å². The van der Waals surface area contributed by atoms with E-state index in [-0.39, 0.29) is 16.5 Å². The molecule has 6 nitrogen and oxygen atoms in total. The Morgan fingerprint density at radius 2 is 0.778 bits per heavy atom. The Bertz CT molecular complexity index is 133. The zero-order chi connectivity index (χ0) is 7.15. The molecular formula is H4N2NiO4S2. The molecule has 0 aliphatic carbocycles. The standard InChI is InChI=1S/2H2NO2S.Ni/c2*1-4(2)3;/h2*(H2,1,2,3);/q2*-1;+2. The minimum Gasteiger partial charge on any atom is -0.409 e. The van der Waals surface area contributed by atoms with Crippen LogP contribution in [0.3, 0.4) is 0 Å². The van der Waals surface area contributed by atoms with Gasteiger partial charge in [-0.3, -0.25) is 0 Å². The molecule has 0 aromatic rings. The van der Waals surface area contributed by atoms with Crippen LogP contribution in [-0.4, -0.2) is 0 Å². The van der Waals surface area contributed by atoms with Crippen molar-refractivity contribution >= 4 is 21.8 Å². The molecule has 4 N–H and O–H groups in total. The van der Waals surface area contributed by atoms with E-state index in [0.29, 0.717) is 0 Å². The number of hydrogen-bond donors (Lipinski definition) is 2. The van der Waals surface area contributed by atoms with Gasteiger partial charge >= 0.3 is 16.5 Å². The molecule has 0 atom stereocenters. The summed E-state index contributed by atoms with van der Waals surface area (Å²) in [7, 11) is -4.72. The van der Waals surface area contributed by atoms with E-state index >= 15 is 0 Å². The Labute approximate surface area is 65.7 Å². The molecule has 0 aliphatic rings. The predicted octanol–water partition coefficient (Wildman–Crippen LogP) is -1.66. The maximum Gasteiger partial charge on any atom is 2.00 e. The van der Waals surface area contributed by atoms with E-state index in [4.69, 9.17) is 16.8 Å². The van der Waals surface area contributed by atoms with Crippen LogP contribution >= 0.6 is 0 Å². The van der Waals surface area contributed by atoms with Gasteiger partial charge in [0.05, 0.1) is 0 Å². The van der Waals surface area contributed by atoms with Crippen molar-refractivity contribution in [3.05, 3.63) is 0 Å². The molecule has 0 unspecified atom stereocenters. The van der Waals surface area contributed by atoms with E-state index in [1.807, 2.05) is 0 Å². The molecule has 0 radical (unpaired) electrons. The number of nitrogens with two attached hydrogens (primary N) is 2. The molecule has 0 aromatic carbocycles. The molecule has 9 heteroatoms. The summed E-state index contributed by atoms with van der Waals surface area (Å²) < 4.78 is 35.1. The fraction of sp³-hybridized carbons (Fsp3) is 0. The average Bonchev–Trinajstić information content (AvgIpc) is 1.25. The molecule has 0 spiro atoms. The Kier molecular flexibility index (Phi) is 20.0. The summed E-state index contributed by atoms with van der Waals surface area (Å²) in [6.07, 6.45) is 0. The first-order chi connectivity index (χ1) is 3.46. The van der Waals surface area contributed by atoms with E-state index in [9.17, 15) is 0 Å². The van der Waals surface area contributed by atoms with Gasteiger partial charge in [-0.25, -0.2) is 0 Å². The van der Waals surface area contributed by atoms with Crippen LogP contribution in [0.1, 0.15) is 0 Å². The fourth-order valence-electron chi connectivity index (χ4n) is 0. The molecule has 0 rings (SSSR count). The average molecular weight is 219 g/mol. The van der Waals surface area contributed by atoms with Crippen molar-refractivity contribution in [3.8, 4) is 0 Å². The predicted molar refractivity (Wildman–Crippen MR) is 25.9 cm³/mol. The van der Waals surface area contributed by atoms with Gasteiger partial charge in [-0.15, -0.1) is 0 Å². The largest absolute Gasteiger partial charge is 2.00 e. The van der Waals surface area contributed by atoms with Crippen LogP contribution in [0.25, 0.3) is 0 Å². The zero-order valence-corrected chi connectivity index (χ0v) is 6.54. The molecule has 0 heterocycles. The number of hydrogen-bond acceptors (Lipinski definition) is 6. The van der Waals surface area contributed by atoms with Crippen molar-refractivity contribution in [2.24, 2.45) is 10.3 Å². The van der Waals surface area contributed by atoms with Crippen LogP contribution in [0.15, 0.2) is 0 Å². The second kappa shape index (κ2) is 11.2. The van der Waals surface area contributed by atoms with Gasteiger partial charge in [-0.2, -0.15) is 0 Å². The third-order valence-corrected chi connectivity index (χ3v) is 0. The maximum atomic E-state index is 8.78. The van der Waals surface area contributed by atoms with Crippen LogP contribution < -0.4 is 10.3 Å². The van der Waals surface area contributed by atoms with Crippen molar-refractivity contribution in [3.63, 3.8) is 0 Å². The fourth-order valence-corrected chi connectivity index (χ4v) is 0. The van der Waals surface area contributed by atoms with Crippen molar-refractivity contribution in [2.45, 2.75) is 0 Å². The zero-order valence-electron chi connectivity index (χ0n) is 3.92. The van der Waals surface area contributed by atoms with Gasteiger partial charge in [-0.1, -0.05) is 0 Å². The van der Waals surface area contributed by atoms with Crippen LogP contribution in [0, 0.1) is 0 Å². The second-order valence-corrected chi connectivity index (χ2v) is 1.56. The van der Waals surface area contributed by atoms with Gasteiger partial charge in [-0.05, 0) is 21.8 Å². The Morgan fingerprint density at radius 3 is 0.778 bits per heavy atom. The molecule has 60 valence electrons. The Morgan fingerprint density at radius 1 is 0.778 bits per heavy atom. The van der Waals surface area contributed by atoms with E-state index in [1.54, 1.807) is 0 Å². The first-order valence-electron chi connectivity index (χ1n) is 1.14. The first kappa shape index (κ1) is 16.1. The van der Waals surface area contributed by atoms with Crippen LogP contribution in [0.5, 0.6) is 0 Å². The van der Waals surface area contributed by atoms with Crippen molar-refractivity contribution < 1.29 is 33.3 Å². The molecule has 0 fully saturated rings. The van der Waals surface area contributed by atoms with Gasteiger partial charge in [0.2, 0.25) is 0 Å². The summed E-state index contributed by atoms with van der Waals surface area (Å²) >= 11 is 0. The summed E-state index contributed by atoms with van der Waals surface area (Å²) in [5, 5.41) is 8.06. The topological polar surface area (TPSA) is 120 Å². The van der Waals surface area contributed by atoms with E-state index in [0.717, 1.165) is 0 Å². The van der Waals surface area contributed by atoms with Crippen LogP contribution in [0.4, 0.5) is 0 Å². The molecule has 9 heavy (non-hydrogen) atoms. The summed E-state index contributed by atoms with van der Waals surface area (Å²) in [6, 6.07) is 0. The van der Waals surface area contributed by atoms with Crippen molar-refractivity contribution in [2.75, 3.05) is 0 Å². The normalized spacial score (nSPS) is 7.56. The van der Waals surface area contributed by atoms with E-state index < -0.39 is 21.8 Å². The SMILES string of the molecule is N[S-](=O)=O.N[S-](=O)=O.[Ni+2]. The third kappa shape index (κ3) is 3370. The molecule has 0 amide bonds. The molecule has 0 saturated heterocycles. The Balaban J connectivity index is -0.0000000720. The molecule has 0 saturated carbocycles. The van der Waals surface area contributed by atoms with Crippen molar-refractivity contribution in [1.29, 1.82) is 0 Å². The van der Waals surface area contributed by atoms with E-state index in [2.05, 4.69) is 10.3 Å². The van der Waals surface area contributed by atoms with Crippen LogP contribution in [-0.2, 0) is 55.1 Å². The quantitative estimate of drug-likeness (QED) is 0.373. The summed E-state index contributed by atoms with van der Waals surface area (Å²) in [4.78, 5) is 0. The minimum atomic E-state index is -2.36. The summed E-state index contributed by atoms with van der Waals surface area (Å²) in [5.74, 6) is 0. The second-order valence-electron chi connectivity index (χ2n) is 0.521.